The zero-order valence-corrected chi connectivity index (χ0v) is 19.5. The average molecular weight is 468 g/mol. The third-order valence-electron chi connectivity index (χ3n) is 5.25. The summed E-state index contributed by atoms with van der Waals surface area (Å²) in [6, 6.07) is 14.5. The average Bonchev–Trinajstić information content (AvgIpc) is 3.15. The first-order valence-corrected chi connectivity index (χ1v) is 11.3. The number of nitrogens with zero attached hydrogens (tertiary/aromatic N) is 2. The Morgan fingerprint density at radius 2 is 1.94 bits per heavy atom. The van der Waals surface area contributed by atoms with Crippen molar-refractivity contribution >= 4 is 46.1 Å². The lowest BCUT2D eigenvalue weighted by atomic mass is 9.94. The lowest BCUT2D eigenvalue weighted by Gasteiger charge is -2.36. The minimum atomic E-state index is -0.498. The molecule has 1 atom stereocenters. The number of esters is 1. The summed E-state index contributed by atoms with van der Waals surface area (Å²) in [5, 5.41) is 6.10. The standard InChI is InChI=1S/C24H22ClN3O3S/c1-14-7-9-18(10-8-14)27-20(29)12-19-13-32-24-26-15(2)21(23(30)31-3)22(28(19)24)16-5-4-6-17(25)11-16/h4-11,13,22H,12H2,1-3H3,(H,27,29). The first-order chi connectivity index (χ1) is 15.4. The van der Waals surface area contributed by atoms with E-state index in [4.69, 9.17) is 16.3 Å². The molecule has 2 aliphatic heterocycles. The molecule has 0 spiro atoms. The first kappa shape index (κ1) is 22.2. The van der Waals surface area contributed by atoms with Gasteiger partial charge in [-0.3, -0.25) is 4.79 Å². The summed E-state index contributed by atoms with van der Waals surface area (Å²) in [6.45, 7) is 3.78. The summed E-state index contributed by atoms with van der Waals surface area (Å²) in [6.07, 6.45) is 0.129. The van der Waals surface area contributed by atoms with E-state index in [2.05, 4.69) is 10.3 Å². The second-order valence-electron chi connectivity index (χ2n) is 7.53. The summed E-state index contributed by atoms with van der Waals surface area (Å²) >= 11 is 7.69. The molecule has 2 aromatic carbocycles. The van der Waals surface area contributed by atoms with Gasteiger partial charge in [-0.05, 0) is 49.1 Å². The van der Waals surface area contributed by atoms with Crippen molar-refractivity contribution in [1.29, 1.82) is 0 Å². The quantitative estimate of drug-likeness (QED) is 0.594. The number of amides is 1. The molecule has 0 aliphatic carbocycles. The van der Waals surface area contributed by atoms with E-state index >= 15 is 0 Å². The molecule has 2 heterocycles. The maximum Gasteiger partial charge on any atom is 0.338 e. The Morgan fingerprint density at radius 1 is 1.19 bits per heavy atom. The minimum absolute atomic E-state index is 0.129. The van der Waals surface area contributed by atoms with Gasteiger partial charge in [-0.1, -0.05) is 53.2 Å². The Labute approximate surface area is 196 Å². The number of hydrogen-bond donors (Lipinski definition) is 1. The van der Waals surface area contributed by atoms with Crippen LogP contribution in [0.3, 0.4) is 0 Å². The molecule has 0 saturated heterocycles. The van der Waals surface area contributed by atoms with Crippen molar-refractivity contribution in [2.24, 2.45) is 4.99 Å². The SMILES string of the molecule is COC(=O)C1=C(C)N=C2SC=C(CC(=O)Nc3ccc(C)cc3)N2C1c1cccc(Cl)c1. The van der Waals surface area contributed by atoms with Gasteiger partial charge in [-0.15, -0.1) is 0 Å². The number of rotatable bonds is 5. The van der Waals surface area contributed by atoms with Crippen molar-refractivity contribution in [2.45, 2.75) is 26.3 Å². The zero-order valence-electron chi connectivity index (χ0n) is 17.9. The van der Waals surface area contributed by atoms with Gasteiger partial charge in [0.1, 0.15) is 0 Å². The molecular weight excluding hydrogens is 446 g/mol. The number of fused-ring (bicyclic) bond motifs is 1. The van der Waals surface area contributed by atoms with Gasteiger partial charge in [0.25, 0.3) is 0 Å². The Kier molecular flexibility index (Phi) is 6.39. The summed E-state index contributed by atoms with van der Waals surface area (Å²) in [4.78, 5) is 32.1. The van der Waals surface area contributed by atoms with Crippen molar-refractivity contribution in [3.05, 3.63) is 87.1 Å². The van der Waals surface area contributed by atoms with Crippen molar-refractivity contribution in [2.75, 3.05) is 12.4 Å². The normalized spacial score (nSPS) is 17.5. The predicted octanol–water partition coefficient (Wildman–Crippen LogP) is 5.43. The number of amidine groups is 1. The molecule has 6 nitrogen and oxygen atoms in total. The molecule has 32 heavy (non-hydrogen) atoms. The van der Waals surface area contributed by atoms with Crippen LogP contribution < -0.4 is 5.32 Å². The number of methoxy groups -OCH3 is 1. The lowest BCUT2D eigenvalue weighted by Crippen LogP contribution is -2.37. The predicted molar refractivity (Wildman–Crippen MR) is 128 cm³/mol. The number of halogens is 1. The molecule has 1 N–H and O–H groups in total. The molecule has 2 aromatic rings. The molecule has 1 unspecified atom stereocenters. The second-order valence-corrected chi connectivity index (χ2v) is 8.80. The molecule has 4 rings (SSSR count). The van der Waals surface area contributed by atoms with Gasteiger partial charge in [0.2, 0.25) is 5.91 Å². The van der Waals surface area contributed by atoms with Gasteiger partial charge >= 0.3 is 5.97 Å². The van der Waals surface area contributed by atoms with Crippen LogP contribution in [-0.4, -0.2) is 29.1 Å². The van der Waals surface area contributed by atoms with Crippen molar-refractivity contribution in [3.8, 4) is 0 Å². The largest absolute Gasteiger partial charge is 0.466 e. The third kappa shape index (κ3) is 4.45. The number of ether oxygens (including phenoxy) is 1. The monoisotopic (exact) mass is 467 g/mol. The fourth-order valence-corrected chi connectivity index (χ4v) is 4.90. The summed E-state index contributed by atoms with van der Waals surface area (Å²) in [5.74, 6) is -0.617. The molecule has 0 bridgehead atoms. The molecule has 0 fully saturated rings. The molecular formula is C24H22ClN3O3S. The molecule has 8 heteroatoms. The van der Waals surface area contributed by atoms with E-state index in [0.717, 1.165) is 22.5 Å². The Hall–Kier alpha value is -3.03. The number of benzene rings is 2. The van der Waals surface area contributed by atoms with E-state index < -0.39 is 12.0 Å². The first-order valence-electron chi connectivity index (χ1n) is 10.0. The van der Waals surface area contributed by atoms with Crippen LogP contribution in [0.2, 0.25) is 5.02 Å². The smallest absolute Gasteiger partial charge is 0.338 e. The van der Waals surface area contributed by atoms with Gasteiger partial charge in [0, 0.05) is 16.4 Å². The third-order valence-corrected chi connectivity index (χ3v) is 6.37. The Morgan fingerprint density at radius 3 is 2.62 bits per heavy atom. The number of thioether (sulfide) groups is 1. The minimum Gasteiger partial charge on any atom is -0.466 e. The van der Waals surface area contributed by atoms with Gasteiger partial charge < -0.3 is 15.0 Å². The van der Waals surface area contributed by atoms with E-state index in [9.17, 15) is 9.59 Å². The van der Waals surface area contributed by atoms with Crippen LogP contribution in [0.15, 0.2) is 75.9 Å². The maximum absolute atomic E-state index is 12.8. The van der Waals surface area contributed by atoms with E-state index in [1.54, 1.807) is 13.0 Å². The highest BCUT2D eigenvalue weighted by atomic mass is 35.5. The fraction of sp³-hybridized carbons (Fsp3) is 0.208. The number of anilines is 1. The maximum atomic E-state index is 12.8. The van der Waals surface area contributed by atoms with Crippen molar-refractivity contribution < 1.29 is 14.3 Å². The van der Waals surface area contributed by atoms with Crippen LogP contribution in [0.5, 0.6) is 0 Å². The summed E-state index contributed by atoms with van der Waals surface area (Å²) in [5.41, 5.74) is 4.42. The Balaban J connectivity index is 1.66. The van der Waals surface area contributed by atoms with Crippen LogP contribution in [0, 0.1) is 6.92 Å². The van der Waals surface area contributed by atoms with Crippen LogP contribution in [0.25, 0.3) is 0 Å². The van der Waals surface area contributed by atoms with E-state index in [1.165, 1.54) is 18.9 Å². The molecule has 0 radical (unpaired) electrons. The molecule has 0 saturated carbocycles. The number of hydrogen-bond acceptors (Lipinski definition) is 6. The summed E-state index contributed by atoms with van der Waals surface area (Å²) < 4.78 is 5.06. The number of nitrogens with one attached hydrogen (secondary N) is 1. The Bertz CT molecular complexity index is 1170. The number of aryl methyl sites for hydroxylation is 1. The van der Waals surface area contributed by atoms with Crippen LogP contribution in [0.4, 0.5) is 5.69 Å². The highest BCUT2D eigenvalue weighted by Crippen LogP contribution is 2.45. The number of aliphatic imine (C=N–C) groups is 1. The molecule has 2 aliphatic rings. The summed E-state index contributed by atoms with van der Waals surface area (Å²) in [7, 11) is 1.35. The van der Waals surface area contributed by atoms with Crippen LogP contribution in [0.1, 0.15) is 30.5 Å². The highest BCUT2D eigenvalue weighted by molar-refractivity contribution is 8.16. The molecule has 164 valence electrons. The van der Waals surface area contributed by atoms with Gasteiger partial charge in [0.05, 0.1) is 30.8 Å². The lowest BCUT2D eigenvalue weighted by molar-refractivity contribution is -0.136. The topological polar surface area (TPSA) is 71.0 Å². The van der Waals surface area contributed by atoms with Gasteiger partial charge in [0.15, 0.2) is 5.17 Å². The van der Waals surface area contributed by atoms with Crippen LogP contribution >= 0.6 is 23.4 Å². The number of allylic oxidation sites excluding steroid dienone is 1. The van der Waals surface area contributed by atoms with Crippen LogP contribution in [-0.2, 0) is 14.3 Å². The van der Waals surface area contributed by atoms with E-state index in [-0.39, 0.29) is 12.3 Å². The van der Waals surface area contributed by atoms with Gasteiger partial charge in [-0.2, -0.15) is 0 Å². The molecule has 0 aromatic heterocycles. The van der Waals surface area contributed by atoms with E-state index in [0.29, 0.717) is 21.5 Å². The number of carbonyl (C=O) groups excluding carboxylic acids is 2. The van der Waals surface area contributed by atoms with E-state index in [1.807, 2.05) is 59.7 Å². The zero-order chi connectivity index (χ0) is 22.8. The van der Waals surface area contributed by atoms with Gasteiger partial charge in [-0.25, -0.2) is 9.79 Å². The molecule has 1 amide bonds. The second kappa shape index (κ2) is 9.22. The van der Waals surface area contributed by atoms with Crippen molar-refractivity contribution in [1.82, 2.24) is 4.90 Å². The number of carbonyl (C=O) groups is 2. The highest BCUT2D eigenvalue weighted by Gasteiger charge is 2.41. The van der Waals surface area contributed by atoms with Crippen molar-refractivity contribution in [3.63, 3.8) is 0 Å². The fourth-order valence-electron chi connectivity index (χ4n) is 3.74.